The molecular weight excluding hydrogens is 516 g/mol. The topological polar surface area (TPSA) is 115 Å². The number of nitro benzene ring substituents is 1. The number of aromatic nitrogens is 1. The van der Waals surface area contributed by atoms with Gasteiger partial charge in [0.05, 0.1) is 22.7 Å². The molecule has 2 amide bonds. The molecule has 1 aliphatic heterocycles. The Hall–Kier alpha value is -3.63. The summed E-state index contributed by atoms with van der Waals surface area (Å²) in [6.07, 6.45) is 1.64. The Morgan fingerprint density at radius 2 is 1.86 bits per heavy atom. The van der Waals surface area contributed by atoms with Gasteiger partial charge in [-0.1, -0.05) is 35.9 Å². The number of para-hydroxylation sites is 1. The van der Waals surface area contributed by atoms with Gasteiger partial charge in [-0.3, -0.25) is 19.7 Å². The average Bonchev–Trinajstić information content (AvgIpc) is 2.91. The molecule has 3 aromatic rings. The molecule has 1 fully saturated rings. The summed E-state index contributed by atoms with van der Waals surface area (Å²) in [5.74, 6) is 0.332. The molecule has 1 N–H and O–H groups in total. The van der Waals surface area contributed by atoms with Crippen LogP contribution in [0.25, 0.3) is 0 Å². The normalized spacial score (nSPS) is 13.7. The average molecular weight is 541 g/mol. The molecule has 9 nitrogen and oxygen atoms in total. The van der Waals surface area contributed by atoms with E-state index in [9.17, 15) is 19.7 Å². The number of likely N-dealkylation sites (tertiary alicyclic amines) is 1. The summed E-state index contributed by atoms with van der Waals surface area (Å²) in [6.45, 7) is 1.24. The van der Waals surface area contributed by atoms with Crippen molar-refractivity contribution in [3.8, 4) is 5.88 Å². The van der Waals surface area contributed by atoms with E-state index < -0.39 is 4.92 Å². The third kappa shape index (κ3) is 6.78. The largest absolute Gasteiger partial charge is 0.481 e. The predicted octanol–water partition coefficient (Wildman–Crippen LogP) is 5.40. The van der Waals surface area contributed by atoms with Gasteiger partial charge in [-0.25, -0.2) is 4.98 Å². The van der Waals surface area contributed by atoms with Crippen molar-refractivity contribution >= 4 is 46.6 Å². The maximum Gasteiger partial charge on any atom is 0.282 e. The van der Waals surface area contributed by atoms with E-state index in [4.69, 9.17) is 16.3 Å². The molecule has 37 heavy (non-hydrogen) atoms. The Kier molecular flexibility index (Phi) is 8.62. The van der Waals surface area contributed by atoms with Gasteiger partial charge in [0.1, 0.15) is 5.15 Å². The van der Waals surface area contributed by atoms with Crippen LogP contribution in [-0.4, -0.2) is 52.6 Å². The van der Waals surface area contributed by atoms with Crippen LogP contribution >= 0.6 is 23.4 Å². The van der Waals surface area contributed by atoms with Gasteiger partial charge in [0, 0.05) is 36.5 Å². The van der Waals surface area contributed by atoms with Gasteiger partial charge in [-0.2, -0.15) is 0 Å². The van der Waals surface area contributed by atoms with E-state index in [-0.39, 0.29) is 28.4 Å². The number of benzene rings is 2. The third-order valence-corrected chi connectivity index (χ3v) is 7.35. The quantitative estimate of drug-likeness (QED) is 0.176. The molecule has 0 atom stereocenters. The third-order valence-electron chi connectivity index (χ3n) is 6.10. The minimum Gasteiger partial charge on any atom is -0.481 e. The number of thioether (sulfide) groups is 1. The number of nitro groups is 1. The second-order valence-electron chi connectivity index (χ2n) is 8.47. The van der Waals surface area contributed by atoms with Crippen molar-refractivity contribution in [2.24, 2.45) is 0 Å². The van der Waals surface area contributed by atoms with Crippen LogP contribution < -0.4 is 10.1 Å². The number of nitrogens with one attached hydrogen (secondary N) is 1. The van der Waals surface area contributed by atoms with Crippen LogP contribution in [0.2, 0.25) is 5.15 Å². The van der Waals surface area contributed by atoms with E-state index in [1.54, 1.807) is 30.3 Å². The predicted molar refractivity (Wildman–Crippen MR) is 143 cm³/mol. The van der Waals surface area contributed by atoms with Gasteiger partial charge >= 0.3 is 0 Å². The fourth-order valence-corrected chi connectivity index (χ4v) is 5.23. The number of ether oxygens (including phenoxy) is 1. The summed E-state index contributed by atoms with van der Waals surface area (Å²) < 4.78 is 5.11. The Morgan fingerprint density at radius 1 is 1.16 bits per heavy atom. The zero-order valence-corrected chi connectivity index (χ0v) is 21.6. The number of carbonyl (C=O) groups excluding carboxylic acids is 2. The van der Waals surface area contributed by atoms with Crippen molar-refractivity contribution in [3.05, 3.63) is 87.1 Å². The first kappa shape index (κ1) is 26.4. The number of anilines is 1. The van der Waals surface area contributed by atoms with E-state index in [1.807, 2.05) is 29.2 Å². The first-order chi connectivity index (χ1) is 17.8. The lowest BCUT2D eigenvalue weighted by Gasteiger charge is -2.32. The number of amides is 2. The summed E-state index contributed by atoms with van der Waals surface area (Å²) in [7, 11) is 1.48. The van der Waals surface area contributed by atoms with Crippen LogP contribution in [-0.2, 0) is 4.79 Å². The minimum atomic E-state index is -0.453. The second-order valence-corrected chi connectivity index (χ2v) is 9.88. The van der Waals surface area contributed by atoms with E-state index in [2.05, 4.69) is 10.3 Å². The Bertz CT molecular complexity index is 1300. The molecule has 0 radical (unpaired) electrons. The Labute approximate surface area is 223 Å². The molecule has 1 saturated heterocycles. The molecule has 0 spiro atoms. The molecule has 0 bridgehead atoms. The van der Waals surface area contributed by atoms with E-state index in [1.165, 1.54) is 13.2 Å². The first-order valence-corrected chi connectivity index (χ1v) is 13.0. The van der Waals surface area contributed by atoms with Crippen molar-refractivity contribution < 1.29 is 19.2 Å². The van der Waals surface area contributed by atoms with E-state index in [0.29, 0.717) is 41.0 Å². The zero-order valence-electron chi connectivity index (χ0n) is 20.1. The van der Waals surface area contributed by atoms with Crippen molar-refractivity contribution in [2.75, 3.05) is 31.3 Å². The molecule has 1 aliphatic rings. The van der Waals surface area contributed by atoms with Crippen LogP contribution in [0.4, 0.5) is 11.4 Å². The van der Waals surface area contributed by atoms with Crippen molar-refractivity contribution in [1.29, 1.82) is 0 Å². The molecule has 2 heterocycles. The summed E-state index contributed by atoms with van der Waals surface area (Å²) in [5, 5.41) is 14.2. The van der Waals surface area contributed by atoms with Crippen LogP contribution in [0, 0.1) is 10.1 Å². The Balaban J connectivity index is 1.28. The maximum absolute atomic E-state index is 12.9. The molecule has 2 aromatic carbocycles. The standard InChI is InChI=1S/C26H25ClN4O5S/c1-36-25-15-19(14-23(27)29-25)26(33)30-12-10-18(11-13-30)17-6-8-20(9-7-17)28-24(32)16-37-22-5-3-2-4-21(22)31(34)35/h2-9,14-15,18H,10-13,16H2,1H3,(H,28,32). The number of hydrogen-bond acceptors (Lipinski definition) is 7. The lowest BCUT2D eigenvalue weighted by atomic mass is 9.89. The number of rotatable bonds is 8. The number of halogens is 1. The summed E-state index contributed by atoms with van der Waals surface area (Å²) in [5.41, 5.74) is 2.25. The summed E-state index contributed by atoms with van der Waals surface area (Å²) in [4.78, 5) is 42.2. The van der Waals surface area contributed by atoms with Gasteiger partial charge in [0.25, 0.3) is 11.6 Å². The monoisotopic (exact) mass is 540 g/mol. The Morgan fingerprint density at radius 3 is 2.54 bits per heavy atom. The fourth-order valence-electron chi connectivity index (χ4n) is 4.21. The maximum atomic E-state index is 12.9. The molecule has 0 aliphatic carbocycles. The van der Waals surface area contributed by atoms with Crippen molar-refractivity contribution in [2.45, 2.75) is 23.7 Å². The van der Waals surface area contributed by atoms with Gasteiger partial charge in [-0.15, -0.1) is 11.8 Å². The molecular formula is C26H25ClN4O5S. The van der Waals surface area contributed by atoms with Crippen molar-refractivity contribution in [3.63, 3.8) is 0 Å². The highest BCUT2D eigenvalue weighted by Gasteiger charge is 2.25. The lowest BCUT2D eigenvalue weighted by molar-refractivity contribution is -0.387. The number of pyridine rings is 1. The number of methoxy groups -OCH3 is 1. The smallest absolute Gasteiger partial charge is 0.282 e. The number of carbonyl (C=O) groups is 2. The minimum absolute atomic E-state index is 0.0123. The molecule has 0 saturated carbocycles. The highest BCUT2D eigenvalue weighted by molar-refractivity contribution is 8.00. The van der Waals surface area contributed by atoms with Gasteiger partial charge in [-0.05, 0) is 48.6 Å². The van der Waals surface area contributed by atoms with Gasteiger partial charge in [0.15, 0.2) is 0 Å². The van der Waals surface area contributed by atoms with Crippen molar-refractivity contribution in [1.82, 2.24) is 9.88 Å². The van der Waals surface area contributed by atoms with Gasteiger partial charge in [0.2, 0.25) is 11.8 Å². The molecule has 4 rings (SSSR count). The van der Waals surface area contributed by atoms with E-state index in [0.717, 1.165) is 30.2 Å². The second kappa shape index (κ2) is 12.1. The number of nitrogens with zero attached hydrogens (tertiary/aromatic N) is 3. The van der Waals surface area contributed by atoms with Crippen LogP contribution in [0.5, 0.6) is 5.88 Å². The van der Waals surface area contributed by atoms with E-state index >= 15 is 0 Å². The molecule has 1 aromatic heterocycles. The lowest BCUT2D eigenvalue weighted by Crippen LogP contribution is -2.38. The molecule has 0 unspecified atom stereocenters. The SMILES string of the molecule is COc1cc(C(=O)N2CCC(c3ccc(NC(=O)CSc4ccccc4[N+](=O)[O-])cc3)CC2)cc(Cl)n1. The van der Waals surface area contributed by atoms with Gasteiger partial charge < -0.3 is 15.0 Å². The molecule has 192 valence electrons. The highest BCUT2D eigenvalue weighted by atomic mass is 35.5. The summed E-state index contributed by atoms with van der Waals surface area (Å²) in [6, 6.07) is 17.2. The first-order valence-electron chi connectivity index (χ1n) is 11.6. The van der Waals surface area contributed by atoms with Crippen LogP contribution in [0.3, 0.4) is 0 Å². The van der Waals surface area contributed by atoms with Crippen LogP contribution in [0.15, 0.2) is 65.6 Å². The highest BCUT2D eigenvalue weighted by Crippen LogP contribution is 2.31. The number of piperidine rings is 1. The van der Waals surface area contributed by atoms with Crippen LogP contribution in [0.1, 0.15) is 34.7 Å². The zero-order chi connectivity index (χ0) is 26.4. The summed E-state index contributed by atoms with van der Waals surface area (Å²) >= 11 is 7.14. The number of hydrogen-bond donors (Lipinski definition) is 1. The molecule has 11 heteroatoms. The fraction of sp³-hybridized carbons (Fsp3) is 0.269.